The van der Waals surface area contributed by atoms with Crippen LogP contribution in [-0.4, -0.2) is 30.4 Å². The number of hydrazone groups is 1. The molecule has 0 spiro atoms. The molecule has 1 aromatic heterocycles. The van der Waals surface area contributed by atoms with E-state index in [9.17, 15) is 10.1 Å². The molecule has 0 aliphatic rings. The van der Waals surface area contributed by atoms with Crippen LogP contribution in [0.25, 0.3) is 11.3 Å². The molecule has 8 nitrogen and oxygen atoms in total. The number of aromatic amines is 1. The number of hydrogen-bond acceptors (Lipinski definition) is 7. The smallest absolute Gasteiger partial charge is 0.270 e. The Morgan fingerprint density at radius 1 is 1.17 bits per heavy atom. The van der Waals surface area contributed by atoms with Gasteiger partial charge in [0.05, 0.1) is 26.1 Å². The van der Waals surface area contributed by atoms with Crippen molar-refractivity contribution in [3.8, 4) is 28.8 Å². The number of benzene rings is 2. The second-order valence-electron chi connectivity index (χ2n) is 6.05. The van der Waals surface area contributed by atoms with Gasteiger partial charge in [0, 0.05) is 11.1 Å². The van der Waals surface area contributed by atoms with Crippen molar-refractivity contribution >= 4 is 12.2 Å². The molecule has 0 aliphatic carbocycles. The molecular formula is C21H19N5O3. The summed E-state index contributed by atoms with van der Waals surface area (Å²) in [4.78, 5) is 19.1. The predicted molar refractivity (Wildman–Crippen MR) is 111 cm³/mol. The standard InChI is InChI=1S/C21H19N5O3/c1-13-9-18(29-3)15(10-17(13)28-2)12-23-26-21-24-19(14-7-5-4-6-8-14)16(11-22)20(27)25-21/h4-10,12H,1-3H3,(H2,24,25,26,27). The van der Waals surface area contributed by atoms with Gasteiger partial charge in [0.15, 0.2) is 0 Å². The van der Waals surface area contributed by atoms with Gasteiger partial charge in [-0.25, -0.2) is 10.4 Å². The lowest BCUT2D eigenvalue weighted by molar-refractivity contribution is 0.400. The third-order valence-corrected chi connectivity index (χ3v) is 4.20. The molecule has 146 valence electrons. The van der Waals surface area contributed by atoms with E-state index in [-0.39, 0.29) is 17.2 Å². The molecule has 2 N–H and O–H groups in total. The summed E-state index contributed by atoms with van der Waals surface area (Å²) in [5, 5.41) is 13.5. The first-order valence-corrected chi connectivity index (χ1v) is 8.69. The van der Waals surface area contributed by atoms with E-state index < -0.39 is 5.56 Å². The molecule has 8 heteroatoms. The van der Waals surface area contributed by atoms with Gasteiger partial charge in [-0.3, -0.25) is 9.78 Å². The van der Waals surface area contributed by atoms with Crippen molar-refractivity contribution in [3.05, 3.63) is 69.5 Å². The molecule has 0 atom stereocenters. The number of ether oxygens (including phenoxy) is 2. The minimum atomic E-state index is -0.548. The second-order valence-corrected chi connectivity index (χ2v) is 6.05. The van der Waals surface area contributed by atoms with E-state index >= 15 is 0 Å². The third-order valence-electron chi connectivity index (χ3n) is 4.20. The van der Waals surface area contributed by atoms with Gasteiger partial charge in [0.1, 0.15) is 23.1 Å². The lowest BCUT2D eigenvalue weighted by Crippen LogP contribution is -2.16. The van der Waals surface area contributed by atoms with Crippen molar-refractivity contribution in [2.75, 3.05) is 19.6 Å². The molecule has 0 saturated carbocycles. The molecular weight excluding hydrogens is 370 g/mol. The van der Waals surface area contributed by atoms with E-state index in [0.717, 1.165) is 5.56 Å². The molecule has 0 amide bonds. The van der Waals surface area contributed by atoms with Crippen LogP contribution in [0.5, 0.6) is 11.5 Å². The quantitative estimate of drug-likeness (QED) is 0.495. The second kappa shape index (κ2) is 8.71. The highest BCUT2D eigenvalue weighted by atomic mass is 16.5. The lowest BCUT2D eigenvalue weighted by atomic mass is 10.1. The van der Waals surface area contributed by atoms with Crippen LogP contribution < -0.4 is 20.5 Å². The van der Waals surface area contributed by atoms with Crippen LogP contribution >= 0.6 is 0 Å². The average Bonchev–Trinajstić information content (AvgIpc) is 2.74. The predicted octanol–water partition coefficient (Wildman–Crippen LogP) is 3.08. The maximum absolute atomic E-state index is 12.3. The normalized spacial score (nSPS) is 10.6. The lowest BCUT2D eigenvalue weighted by Gasteiger charge is -2.10. The number of aryl methyl sites for hydroxylation is 1. The number of H-pyrrole nitrogens is 1. The van der Waals surface area contributed by atoms with Crippen LogP contribution in [0.2, 0.25) is 0 Å². The number of rotatable bonds is 6. The summed E-state index contributed by atoms with van der Waals surface area (Å²) in [6, 6.07) is 14.6. The van der Waals surface area contributed by atoms with E-state index in [2.05, 4.69) is 20.5 Å². The zero-order chi connectivity index (χ0) is 20.8. The van der Waals surface area contributed by atoms with Crippen molar-refractivity contribution in [3.63, 3.8) is 0 Å². The maximum Gasteiger partial charge on any atom is 0.270 e. The van der Waals surface area contributed by atoms with Crippen LogP contribution in [0.1, 0.15) is 16.7 Å². The van der Waals surface area contributed by atoms with Gasteiger partial charge in [0.2, 0.25) is 5.95 Å². The highest BCUT2D eigenvalue weighted by Gasteiger charge is 2.13. The van der Waals surface area contributed by atoms with E-state index in [1.54, 1.807) is 32.4 Å². The summed E-state index contributed by atoms with van der Waals surface area (Å²) in [6.07, 6.45) is 1.53. The number of aromatic nitrogens is 2. The number of nitrogens with one attached hydrogen (secondary N) is 2. The summed E-state index contributed by atoms with van der Waals surface area (Å²) in [5.41, 5.74) is 4.64. The molecule has 2 aromatic carbocycles. The van der Waals surface area contributed by atoms with Crippen LogP contribution in [0.3, 0.4) is 0 Å². The monoisotopic (exact) mass is 389 g/mol. The minimum absolute atomic E-state index is 0.0596. The Labute approximate surface area is 167 Å². The third kappa shape index (κ3) is 4.25. The van der Waals surface area contributed by atoms with Gasteiger partial charge in [-0.05, 0) is 24.6 Å². The topological polar surface area (TPSA) is 112 Å². The van der Waals surface area contributed by atoms with Crippen LogP contribution in [0.15, 0.2) is 52.4 Å². The van der Waals surface area contributed by atoms with E-state index in [1.165, 1.54) is 6.21 Å². The van der Waals surface area contributed by atoms with Crippen molar-refractivity contribution in [2.45, 2.75) is 6.92 Å². The van der Waals surface area contributed by atoms with Crippen molar-refractivity contribution in [1.29, 1.82) is 5.26 Å². The Kier molecular flexibility index (Phi) is 5.90. The SMILES string of the molecule is COc1cc(C=NNc2nc(-c3ccccc3)c(C#N)c(=O)[nH]2)c(OC)cc1C. The molecule has 29 heavy (non-hydrogen) atoms. The summed E-state index contributed by atoms with van der Waals surface area (Å²) in [7, 11) is 3.16. The Balaban J connectivity index is 1.93. The fraction of sp³-hybridized carbons (Fsp3) is 0.143. The summed E-state index contributed by atoms with van der Waals surface area (Å²) >= 11 is 0. The number of nitriles is 1. The van der Waals surface area contributed by atoms with Gasteiger partial charge in [-0.1, -0.05) is 30.3 Å². The number of nitrogens with zero attached hydrogens (tertiary/aromatic N) is 3. The van der Waals surface area contributed by atoms with Gasteiger partial charge >= 0.3 is 0 Å². The first kappa shape index (κ1) is 19.6. The molecule has 0 radical (unpaired) electrons. The first-order chi connectivity index (χ1) is 14.1. The molecule has 0 saturated heterocycles. The van der Waals surface area contributed by atoms with Crippen LogP contribution in [-0.2, 0) is 0 Å². The highest BCUT2D eigenvalue weighted by molar-refractivity contribution is 5.85. The van der Waals surface area contributed by atoms with Crippen LogP contribution in [0, 0.1) is 18.3 Å². The van der Waals surface area contributed by atoms with E-state index in [4.69, 9.17) is 9.47 Å². The van der Waals surface area contributed by atoms with Gasteiger partial charge in [-0.2, -0.15) is 10.4 Å². The number of anilines is 1. The van der Waals surface area contributed by atoms with E-state index in [1.807, 2.05) is 37.3 Å². The molecule has 0 bridgehead atoms. The zero-order valence-corrected chi connectivity index (χ0v) is 16.2. The molecule has 0 fully saturated rings. The Morgan fingerprint density at radius 3 is 2.55 bits per heavy atom. The molecule has 0 unspecified atom stereocenters. The van der Waals surface area contributed by atoms with Crippen molar-refractivity contribution < 1.29 is 9.47 Å². The van der Waals surface area contributed by atoms with Crippen molar-refractivity contribution in [1.82, 2.24) is 9.97 Å². The average molecular weight is 389 g/mol. The van der Waals surface area contributed by atoms with E-state index in [0.29, 0.717) is 22.6 Å². The molecule has 1 heterocycles. The molecule has 3 aromatic rings. The van der Waals surface area contributed by atoms with Crippen molar-refractivity contribution in [2.24, 2.45) is 5.10 Å². The summed E-state index contributed by atoms with van der Waals surface area (Å²) in [5.74, 6) is 1.44. The van der Waals surface area contributed by atoms with Gasteiger partial charge in [-0.15, -0.1) is 0 Å². The maximum atomic E-state index is 12.3. The first-order valence-electron chi connectivity index (χ1n) is 8.69. The Hall–Kier alpha value is -4.12. The van der Waals surface area contributed by atoms with Gasteiger partial charge in [0.25, 0.3) is 5.56 Å². The fourth-order valence-electron chi connectivity index (χ4n) is 2.77. The Bertz CT molecular complexity index is 1150. The summed E-state index contributed by atoms with van der Waals surface area (Å²) < 4.78 is 10.7. The number of hydrogen-bond donors (Lipinski definition) is 2. The number of methoxy groups -OCH3 is 2. The zero-order valence-electron chi connectivity index (χ0n) is 16.2. The highest BCUT2D eigenvalue weighted by Crippen LogP contribution is 2.27. The Morgan fingerprint density at radius 2 is 1.90 bits per heavy atom. The molecule has 0 aliphatic heterocycles. The van der Waals surface area contributed by atoms with Crippen LogP contribution in [0.4, 0.5) is 5.95 Å². The summed E-state index contributed by atoms with van der Waals surface area (Å²) in [6.45, 7) is 1.91. The fourth-order valence-corrected chi connectivity index (χ4v) is 2.77. The minimum Gasteiger partial charge on any atom is -0.496 e. The molecule has 3 rings (SSSR count). The van der Waals surface area contributed by atoms with Gasteiger partial charge < -0.3 is 9.47 Å². The largest absolute Gasteiger partial charge is 0.496 e.